The van der Waals surface area contributed by atoms with E-state index in [9.17, 15) is 33.8 Å². The Hall–Kier alpha value is -6.03. The van der Waals surface area contributed by atoms with Gasteiger partial charge in [0.05, 0.1) is 39.6 Å². The number of fused-ring (bicyclic) bond motifs is 2. The predicted octanol–water partition coefficient (Wildman–Crippen LogP) is 11.7. The number of hydrogen-bond donors (Lipinski definition) is 8. The third-order valence-electron chi connectivity index (χ3n) is 7.95. The lowest BCUT2D eigenvalue weighted by Gasteiger charge is -2.22. The second-order valence-electron chi connectivity index (χ2n) is 11.4. The first-order valence-corrected chi connectivity index (χ1v) is 17.7. The molecule has 0 aliphatic heterocycles. The average Bonchev–Trinajstić information content (AvgIpc) is 3.15. The van der Waals surface area contributed by atoms with Crippen LogP contribution in [-0.4, -0.2) is 47.3 Å². The summed E-state index contributed by atoms with van der Waals surface area (Å²) in [6.07, 6.45) is 0. The summed E-state index contributed by atoms with van der Waals surface area (Å²) in [5.41, 5.74) is 1.83. The maximum atomic E-state index is 11.7. The lowest BCUT2D eigenvalue weighted by atomic mass is 10.1. The van der Waals surface area contributed by atoms with E-state index in [0.29, 0.717) is 49.1 Å². The zero-order valence-corrected chi connectivity index (χ0v) is 29.6. The molecule has 6 aromatic carbocycles. The fourth-order valence-electron chi connectivity index (χ4n) is 5.31. The van der Waals surface area contributed by atoms with Crippen LogP contribution >= 0.6 is 22.9 Å². The van der Waals surface area contributed by atoms with Crippen LogP contribution in [0.1, 0.15) is 15.9 Å². The number of aromatic carboxylic acids is 1. The van der Waals surface area contributed by atoms with Crippen LogP contribution in [0, 0.1) is 6.92 Å². The zero-order chi connectivity index (χ0) is 38.6. The van der Waals surface area contributed by atoms with Crippen molar-refractivity contribution in [2.75, 3.05) is 12.4 Å². The van der Waals surface area contributed by atoms with Gasteiger partial charge in [0, 0.05) is 39.9 Å². The van der Waals surface area contributed by atoms with Gasteiger partial charge in [0.2, 0.25) is 0 Å². The second kappa shape index (κ2) is 15.9. The van der Waals surface area contributed by atoms with E-state index in [1.54, 1.807) is 74.6 Å². The minimum atomic E-state index is -4.36. The highest BCUT2D eigenvalue weighted by Gasteiger charge is 2.25. The number of hydrogen-bond acceptors (Lipinski definition) is 17. The molecule has 0 aliphatic carbocycles. The molecule has 0 saturated carbocycles. The molecule has 0 unspecified atom stereocenters. The summed E-state index contributed by atoms with van der Waals surface area (Å²) in [5, 5.41) is 73.6. The van der Waals surface area contributed by atoms with Crippen LogP contribution < -0.4 is 5.32 Å². The van der Waals surface area contributed by atoms with Crippen molar-refractivity contribution in [3.05, 3.63) is 102 Å². The summed E-state index contributed by atoms with van der Waals surface area (Å²) in [4.78, 5) is 11.7. The predicted molar refractivity (Wildman–Crippen MR) is 202 cm³/mol. The SMILES string of the molecule is CNc1ccc2c(O)c(N=Nc3cc(C)c(N=Nc4ccc(N=Nc5ccccc5C(=O)O)c5cc(SOOO)ccc45)cc3O)c(S(O)(O)O)cc2c1. The number of anilines is 1. The molecule has 0 radical (unpaired) electrons. The normalized spacial score (nSPS) is 12.5. The molecule has 0 heterocycles. The van der Waals surface area contributed by atoms with Crippen LogP contribution in [0.4, 0.5) is 39.8 Å². The summed E-state index contributed by atoms with van der Waals surface area (Å²) >= 11 is 0.720. The van der Waals surface area contributed by atoms with E-state index in [0.717, 1.165) is 12.0 Å². The Kier molecular flexibility index (Phi) is 11.1. The molecule has 6 rings (SSSR count). The molecule has 0 amide bonds. The van der Waals surface area contributed by atoms with Crippen molar-refractivity contribution in [3.63, 3.8) is 0 Å². The standard InChI is InChI=1S/C35H29N7O10S2/c1-18-13-30(41-42-33-32(54(48,49)50)15-19-14-20(36-2)7-9-22(19)34(33)44)31(43)17-29(18)40-38-27-11-12-28(25-16-21(53-52-51-47)8-10-23(25)27)39-37-26-6-4-3-5-24(26)35(45)46/h3-17,36,43-44,47-50H,1-2H3,(H,45,46). The Bertz CT molecular complexity index is 2510. The molecule has 17 nitrogen and oxygen atoms in total. The van der Waals surface area contributed by atoms with Crippen molar-refractivity contribution >= 4 is 90.2 Å². The van der Waals surface area contributed by atoms with Gasteiger partial charge in [-0.25, -0.2) is 10.1 Å². The van der Waals surface area contributed by atoms with Gasteiger partial charge < -0.3 is 34.3 Å². The molecule has 54 heavy (non-hydrogen) atoms. The maximum Gasteiger partial charge on any atom is 0.337 e. The Morgan fingerprint density at radius 3 is 2.09 bits per heavy atom. The molecule has 0 spiro atoms. The van der Waals surface area contributed by atoms with Gasteiger partial charge in [-0.1, -0.05) is 23.2 Å². The maximum absolute atomic E-state index is 11.7. The highest BCUT2D eigenvalue weighted by atomic mass is 32.3. The number of nitrogens with one attached hydrogen (secondary N) is 1. The minimum Gasteiger partial charge on any atom is -0.506 e. The summed E-state index contributed by atoms with van der Waals surface area (Å²) in [6, 6.07) is 23.3. The number of phenolic OH excluding ortho intramolecular Hbond substituents is 2. The molecule has 0 bridgehead atoms. The fourth-order valence-corrected chi connectivity index (χ4v) is 6.39. The van der Waals surface area contributed by atoms with Crippen LogP contribution in [0.3, 0.4) is 0 Å². The number of rotatable bonds is 12. The van der Waals surface area contributed by atoms with E-state index in [-0.39, 0.29) is 28.4 Å². The minimum absolute atomic E-state index is 0.0321. The summed E-state index contributed by atoms with van der Waals surface area (Å²) < 4.78 is 35.0. The summed E-state index contributed by atoms with van der Waals surface area (Å²) in [6.45, 7) is 1.68. The van der Waals surface area contributed by atoms with Crippen LogP contribution in [0.15, 0.2) is 131 Å². The summed E-state index contributed by atoms with van der Waals surface area (Å²) in [7, 11) is -2.66. The highest BCUT2D eigenvalue weighted by Crippen LogP contribution is 2.54. The summed E-state index contributed by atoms with van der Waals surface area (Å²) in [5.74, 6) is -2.00. The van der Waals surface area contributed by atoms with E-state index < -0.39 is 33.2 Å². The molecule has 0 aromatic heterocycles. The Morgan fingerprint density at radius 2 is 1.39 bits per heavy atom. The zero-order valence-electron chi connectivity index (χ0n) is 28.0. The van der Waals surface area contributed by atoms with Gasteiger partial charge in [0.1, 0.15) is 33.7 Å². The first kappa shape index (κ1) is 37.7. The van der Waals surface area contributed by atoms with Crippen molar-refractivity contribution in [2.45, 2.75) is 16.7 Å². The topological polar surface area (TPSA) is 263 Å². The van der Waals surface area contributed by atoms with Crippen LogP contribution in [0.25, 0.3) is 21.5 Å². The molecular formula is C35H29N7O10S2. The fraction of sp³-hybridized carbons (Fsp3) is 0.0571. The number of carboxylic acid groups (broad SMARTS) is 1. The average molecular weight is 772 g/mol. The number of carbonyl (C=O) groups is 1. The number of aryl methyl sites for hydroxylation is 1. The van der Waals surface area contributed by atoms with Gasteiger partial charge in [-0.3, -0.25) is 0 Å². The van der Waals surface area contributed by atoms with Crippen LogP contribution in [-0.2, 0) is 9.37 Å². The van der Waals surface area contributed by atoms with E-state index in [1.165, 1.54) is 30.3 Å². The van der Waals surface area contributed by atoms with Crippen molar-refractivity contribution in [1.82, 2.24) is 0 Å². The first-order valence-electron chi connectivity index (χ1n) is 15.5. The van der Waals surface area contributed by atoms with Crippen LogP contribution in [0.5, 0.6) is 11.5 Å². The molecule has 19 heteroatoms. The van der Waals surface area contributed by atoms with Gasteiger partial charge in [0.25, 0.3) is 0 Å². The van der Waals surface area contributed by atoms with Crippen molar-refractivity contribution in [1.29, 1.82) is 0 Å². The van der Waals surface area contributed by atoms with Crippen molar-refractivity contribution in [2.24, 2.45) is 30.7 Å². The van der Waals surface area contributed by atoms with E-state index in [1.807, 2.05) is 0 Å². The Balaban J connectivity index is 1.34. The number of carboxylic acids is 1. The molecule has 0 saturated heterocycles. The lowest BCUT2D eigenvalue weighted by Crippen LogP contribution is -1.97. The quantitative estimate of drug-likeness (QED) is 0.0250. The largest absolute Gasteiger partial charge is 0.506 e. The molecule has 0 atom stereocenters. The first-order chi connectivity index (χ1) is 25.9. The van der Waals surface area contributed by atoms with E-state index in [4.69, 9.17) is 5.26 Å². The van der Waals surface area contributed by atoms with Gasteiger partial charge in [-0.2, -0.15) is 5.11 Å². The molecular weight excluding hydrogens is 743 g/mol. The third-order valence-corrected chi connectivity index (χ3v) is 9.43. The molecule has 0 aliphatic rings. The van der Waals surface area contributed by atoms with Crippen molar-refractivity contribution < 1.29 is 48.4 Å². The number of benzene rings is 6. The van der Waals surface area contributed by atoms with Gasteiger partial charge in [-0.05, 0) is 84.6 Å². The third kappa shape index (κ3) is 8.12. The lowest BCUT2D eigenvalue weighted by molar-refractivity contribution is -0.432. The van der Waals surface area contributed by atoms with Gasteiger partial charge in [-0.15, -0.1) is 29.9 Å². The number of azo groups is 3. The second-order valence-corrected chi connectivity index (χ2v) is 13.6. The Labute approximate surface area is 311 Å². The number of aromatic hydroxyl groups is 2. The smallest absolute Gasteiger partial charge is 0.337 e. The monoisotopic (exact) mass is 771 g/mol. The number of nitrogens with zero attached hydrogens (tertiary/aromatic N) is 6. The molecule has 8 N–H and O–H groups in total. The molecule has 0 fully saturated rings. The Morgan fingerprint density at radius 1 is 0.722 bits per heavy atom. The van der Waals surface area contributed by atoms with E-state index in [2.05, 4.69) is 45.4 Å². The van der Waals surface area contributed by atoms with Gasteiger partial charge >= 0.3 is 5.97 Å². The van der Waals surface area contributed by atoms with E-state index >= 15 is 0 Å². The van der Waals surface area contributed by atoms with Crippen molar-refractivity contribution in [3.8, 4) is 11.5 Å². The molecule has 6 aromatic rings. The van der Waals surface area contributed by atoms with Gasteiger partial charge in [0.15, 0.2) is 5.75 Å². The molecule has 276 valence electrons. The number of phenols is 2. The highest BCUT2D eigenvalue weighted by molar-refractivity contribution is 8.19. The van der Waals surface area contributed by atoms with Crippen LogP contribution in [0.2, 0.25) is 0 Å².